The Morgan fingerprint density at radius 2 is 1.84 bits per heavy atom. The number of aryl methyl sites for hydroxylation is 1. The molecule has 0 unspecified atom stereocenters. The van der Waals surface area contributed by atoms with E-state index in [1.54, 1.807) is 12.4 Å². The fourth-order valence-corrected chi connectivity index (χ4v) is 2.78. The number of nitrogens with zero attached hydrogens (tertiary/aromatic N) is 4. The van der Waals surface area contributed by atoms with Gasteiger partial charge in [0, 0.05) is 40.1 Å². The molecule has 0 saturated carbocycles. The lowest BCUT2D eigenvalue weighted by atomic mass is 10.1. The molecule has 0 amide bonds. The molecule has 0 bridgehead atoms. The third kappa shape index (κ3) is 2.85. The van der Waals surface area contributed by atoms with E-state index < -0.39 is 0 Å². The molecule has 6 heteroatoms. The van der Waals surface area contributed by atoms with Gasteiger partial charge in [-0.15, -0.1) is 0 Å². The Bertz CT molecular complexity index is 1050. The highest BCUT2D eigenvalue weighted by atomic mass is 15.0. The fourth-order valence-electron chi connectivity index (χ4n) is 2.78. The molecule has 0 atom stereocenters. The number of nitrogens with two attached hydrogens (primary N) is 1. The molecule has 1 aromatic carbocycles. The summed E-state index contributed by atoms with van der Waals surface area (Å²) < 4.78 is 0. The maximum Gasteiger partial charge on any atom is 0.140 e. The summed E-state index contributed by atoms with van der Waals surface area (Å²) in [5, 5.41) is 5.33. The van der Waals surface area contributed by atoms with Crippen LogP contribution in [0.4, 0.5) is 17.3 Å². The quantitative estimate of drug-likeness (QED) is 0.596. The van der Waals surface area contributed by atoms with E-state index in [9.17, 15) is 0 Å². The van der Waals surface area contributed by atoms with Gasteiger partial charge in [0.1, 0.15) is 18.0 Å². The van der Waals surface area contributed by atoms with E-state index in [1.165, 1.54) is 6.33 Å². The number of aromatic nitrogens is 4. The molecular weight excluding hydrogens is 312 g/mol. The number of hydrogen-bond donors (Lipinski definition) is 2. The van der Waals surface area contributed by atoms with Gasteiger partial charge in [0.05, 0.1) is 5.69 Å². The summed E-state index contributed by atoms with van der Waals surface area (Å²) in [5.74, 6) is 1.25. The van der Waals surface area contributed by atoms with Crippen molar-refractivity contribution in [3.05, 3.63) is 66.9 Å². The van der Waals surface area contributed by atoms with Crippen molar-refractivity contribution in [2.75, 3.05) is 11.1 Å². The zero-order valence-electron chi connectivity index (χ0n) is 13.6. The Labute approximate surface area is 144 Å². The van der Waals surface area contributed by atoms with Crippen molar-refractivity contribution in [1.29, 1.82) is 0 Å². The minimum absolute atomic E-state index is 0.509. The lowest BCUT2D eigenvalue weighted by Gasteiger charge is -2.14. The summed E-state index contributed by atoms with van der Waals surface area (Å²) >= 11 is 0. The van der Waals surface area contributed by atoms with Crippen LogP contribution >= 0.6 is 0 Å². The third-order valence-electron chi connectivity index (χ3n) is 3.98. The van der Waals surface area contributed by atoms with E-state index in [2.05, 4.69) is 25.3 Å². The van der Waals surface area contributed by atoms with Gasteiger partial charge in [0.15, 0.2) is 0 Å². The summed E-state index contributed by atoms with van der Waals surface area (Å²) in [6, 6.07) is 13.7. The first-order valence-electron chi connectivity index (χ1n) is 7.86. The Hall–Kier alpha value is -3.54. The van der Waals surface area contributed by atoms with Crippen LogP contribution in [0.25, 0.3) is 22.0 Å². The lowest BCUT2D eigenvalue weighted by Crippen LogP contribution is -2.00. The summed E-state index contributed by atoms with van der Waals surface area (Å²) in [5.41, 5.74) is 9.55. The average molecular weight is 328 g/mol. The van der Waals surface area contributed by atoms with Crippen LogP contribution in [0.3, 0.4) is 0 Å². The number of hydrogen-bond acceptors (Lipinski definition) is 6. The van der Waals surface area contributed by atoms with Gasteiger partial charge in [-0.25, -0.2) is 19.9 Å². The number of benzene rings is 1. The normalized spacial score (nSPS) is 10.8. The van der Waals surface area contributed by atoms with Crippen molar-refractivity contribution in [2.45, 2.75) is 6.92 Å². The summed E-state index contributed by atoms with van der Waals surface area (Å²) in [4.78, 5) is 17.1. The maximum atomic E-state index is 5.99. The highest BCUT2D eigenvalue weighted by Crippen LogP contribution is 2.32. The highest BCUT2D eigenvalue weighted by molar-refractivity contribution is 6.00. The molecule has 6 nitrogen and oxygen atoms in total. The Balaban J connectivity index is 1.85. The SMILES string of the molecule is Cc1ccc(-c2ccncn2)c(Nc2cccc3c(N)nccc23)n1. The van der Waals surface area contributed by atoms with Crippen molar-refractivity contribution in [3.63, 3.8) is 0 Å². The zero-order chi connectivity index (χ0) is 17.2. The number of anilines is 3. The molecule has 0 aliphatic heterocycles. The molecule has 0 radical (unpaired) electrons. The second-order valence-corrected chi connectivity index (χ2v) is 5.67. The lowest BCUT2D eigenvalue weighted by molar-refractivity contribution is 1.15. The summed E-state index contributed by atoms with van der Waals surface area (Å²) in [6.45, 7) is 1.96. The van der Waals surface area contributed by atoms with Gasteiger partial charge < -0.3 is 11.1 Å². The number of nitrogen functional groups attached to an aromatic ring is 1. The molecule has 3 heterocycles. The van der Waals surface area contributed by atoms with Crippen LogP contribution in [0.5, 0.6) is 0 Å². The van der Waals surface area contributed by atoms with Crippen LogP contribution in [0.2, 0.25) is 0 Å². The van der Waals surface area contributed by atoms with Crippen molar-refractivity contribution < 1.29 is 0 Å². The standard InChI is InChI=1S/C19H16N6/c1-12-5-6-15(16-8-9-21-11-23-16)19(24-12)25-17-4-2-3-14-13(17)7-10-22-18(14)20/h2-11H,1H3,(H2,20,22)(H,24,25). The van der Waals surface area contributed by atoms with Crippen molar-refractivity contribution >= 4 is 28.1 Å². The van der Waals surface area contributed by atoms with Crippen LogP contribution in [0, 0.1) is 6.92 Å². The molecule has 0 aliphatic carbocycles. The van der Waals surface area contributed by atoms with Crippen LogP contribution in [0.1, 0.15) is 5.69 Å². The van der Waals surface area contributed by atoms with Crippen LogP contribution in [-0.2, 0) is 0 Å². The van der Waals surface area contributed by atoms with E-state index in [0.29, 0.717) is 5.82 Å². The molecule has 3 N–H and O–H groups in total. The van der Waals surface area contributed by atoms with Crippen molar-refractivity contribution in [2.24, 2.45) is 0 Å². The first kappa shape index (κ1) is 15.0. The molecule has 4 rings (SSSR count). The maximum absolute atomic E-state index is 5.99. The fraction of sp³-hybridized carbons (Fsp3) is 0.0526. The van der Waals surface area contributed by atoms with Crippen LogP contribution in [0.15, 0.2) is 61.2 Å². The first-order valence-corrected chi connectivity index (χ1v) is 7.86. The van der Waals surface area contributed by atoms with Gasteiger partial charge in [-0.3, -0.25) is 0 Å². The monoisotopic (exact) mass is 328 g/mol. The Kier molecular flexibility index (Phi) is 3.70. The van der Waals surface area contributed by atoms with Gasteiger partial charge >= 0.3 is 0 Å². The second kappa shape index (κ2) is 6.16. The average Bonchev–Trinajstić information content (AvgIpc) is 2.64. The van der Waals surface area contributed by atoms with E-state index >= 15 is 0 Å². The van der Waals surface area contributed by atoms with Gasteiger partial charge in [-0.2, -0.15) is 0 Å². The number of pyridine rings is 2. The van der Waals surface area contributed by atoms with Crippen LogP contribution in [-0.4, -0.2) is 19.9 Å². The van der Waals surface area contributed by atoms with Crippen molar-refractivity contribution in [3.8, 4) is 11.3 Å². The largest absolute Gasteiger partial charge is 0.383 e. The summed E-state index contributed by atoms with van der Waals surface area (Å²) in [7, 11) is 0. The van der Waals surface area contributed by atoms with Gasteiger partial charge in [0.2, 0.25) is 0 Å². The zero-order valence-corrected chi connectivity index (χ0v) is 13.6. The topological polar surface area (TPSA) is 89.6 Å². The molecule has 122 valence electrons. The molecule has 0 aliphatic rings. The highest BCUT2D eigenvalue weighted by Gasteiger charge is 2.11. The second-order valence-electron chi connectivity index (χ2n) is 5.67. The van der Waals surface area contributed by atoms with E-state index in [1.807, 2.05) is 49.4 Å². The summed E-state index contributed by atoms with van der Waals surface area (Å²) in [6.07, 6.45) is 4.96. The van der Waals surface area contributed by atoms with Gasteiger partial charge in [0.25, 0.3) is 0 Å². The van der Waals surface area contributed by atoms with Crippen LogP contribution < -0.4 is 11.1 Å². The molecule has 0 spiro atoms. The number of rotatable bonds is 3. The molecular formula is C19H16N6. The van der Waals surface area contributed by atoms with Gasteiger partial charge in [-0.1, -0.05) is 12.1 Å². The first-order chi connectivity index (χ1) is 12.2. The Morgan fingerprint density at radius 1 is 0.920 bits per heavy atom. The van der Waals surface area contributed by atoms with Crippen molar-refractivity contribution in [1.82, 2.24) is 19.9 Å². The number of fused-ring (bicyclic) bond motifs is 1. The number of nitrogens with one attached hydrogen (secondary N) is 1. The predicted molar refractivity (Wildman–Crippen MR) is 99.4 cm³/mol. The minimum Gasteiger partial charge on any atom is -0.383 e. The van der Waals surface area contributed by atoms with Gasteiger partial charge in [-0.05, 0) is 37.3 Å². The Morgan fingerprint density at radius 3 is 2.68 bits per heavy atom. The third-order valence-corrected chi connectivity index (χ3v) is 3.98. The molecule has 0 fully saturated rings. The minimum atomic E-state index is 0.509. The van der Waals surface area contributed by atoms with E-state index in [4.69, 9.17) is 5.73 Å². The molecule has 25 heavy (non-hydrogen) atoms. The molecule has 3 aromatic heterocycles. The van der Waals surface area contributed by atoms with E-state index in [0.717, 1.165) is 39.2 Å². The smallest absolute Gasteiger partial charge is 0.140 e. The van der Waals surface area contributed by atoms with E-state index in [-0.39, 0.29) is 0 Å². The molecule has 4 aromatic rings. The predicted octanol–water partition coefficient (Wildman–Crippen LogP) is 3.72. The molecule has 0 saturated heterocycles.